The topological polar surface area (TPSA) is 58.4 Å². The van der Waals surface area contributed by atoms with Crippen LogP contribution in [0.25, 0.3) is 0 Å². The maximum atomic E-state index is 13.4. The van der Waals surface area contributed by atoms with Gasteiger partial charge in [0.25, 0.3) is 5.69 Å². The summed E-state index contributed by atoms with van der Waals surface area (Å²) in [6.07, 6.45) is 0. The average Bonchev–Trinajstić information content (AvgIpc) is 2.30. The van der Waals surface area contributed by atoms with Crippen LogP contribution in [-0.2, 0) is 0 Å². The van der Waals surface area contributed by atoms with Gasteiger partial charge in [-0.05, 0) is 19.9 Å². The number of hydrogen-bond acceptors (Lipinski definition) is 4. The number of nitrogens with one attached hydrogen (secondary N) is 1. The van der Waals surface area contributed by atoms with Gasteiger partial charge in [-0.15, -0.1) is 0 Å². The Bertz CT molecular complexity index is 522. The first-order chi connectivity index (χ1) is 8.80. The normalized spacial score (nSPS) is 18.4. The van der Waals surface area contributed by atoms with Gasteiger partial charge in [0.1, 0.15) is 11.5 Å². The Kier molecular flexibility index (Phi) is 3.64. The van der Waals surface area contributed by atoms with E-state index in [1.165, 1.54) is 6.07 Å². The van der Waals surface area contributed by atoms with Gasteiger partial charge in [-0.2, -0.15) is 0 Å². The molecular formula is C12H15ClFN3O2. The molecule has 1 saturated heterocycles. The minimum Gasteiger partial charge on any atom is -0.363 e. The lowest BCUT2D eigenvalue weighted by Crippen LogP contribution is -2.57. The van der Waals surface area contributed by atoms with Gasteiger partial charge >= 0.3 is 0 Å². The SMILES string of the molecule is CC1(C)CN(c2cc(Cl)c(F)cc2[N+](=O)[O-])CCN1. The molecule has 1 aromatic carbocycles. The molecule has 1 heterocycles. The summed E-state index contributed by atoms with van der Waals surface area (Å²) in [5.41, 5.74) is -0.0435. The number of rotatable bonds is 2. The molecule has 7 heteroatoms. The van der Waals surface area contributed by atoms with Crippen LogP contribution in [0, 0.1) is 15.9 Å². The highest BCUT2D eigenvalue weighted by molar-refractivity contribution is 6.31. The van der Waals surface area contributed by atoms with Gasteiger partial charge in [0, 0.05) is 25.2 Å². The van der Waals surface area contributed by atoms with Crippen LogP contribution >= 0.6 is 11.6 Å². The molecule has 19 heavy (non-hydrogen) atoms. The van der Waals surface area contributed by atoms with Crippen molar-refractivity contribution in [1.29, 1.82) is 0 Å². The van der Waals surface area contributed by atoms with Crippen LogP contribution < -0.4 is 10.2 Å². The zero-order chi connectivity index (χ0) is 14.2. The highest BCUT2D eigenvalue weighted by Crippen LogP contribution is 2.34. The smallest absolute Gasteiger partial charge is 0.295 e. The molecule has 0 unspecified atom stereocenters. The first-order valence-corrected chi connectivity index (χ1v) is 6.31. The monoisotopic (exact) mass is 287 g/mol. The van der Waals surface area contributed by atoms with Crippen LogP contribution in [0.15, 0.2) is 12.1 Å². The predicted molar refractivity (Wildman–Crippen MR) is 72.4 cm³/mol. The zero-order valence-electron chi connectivity index (χ0n) is 10.7. The van der Waals surface area contributed by atoms with Gasteiger partial charge in [-0.3, -0.25) is 10.1 Å². The summed E-state index contributed by atoms with van der Waals surface area (Å²) < 4.78 is 13.4. The van der Waals surface area contributed by atoms with Crippen LogP contribution in [-0.4, -0.2) is 30.1 Å². The van der Waals surface area contributed by atoms with Crippen molar-refractivity contribution >= 4 is 23.0 Å². The average molecular weight is 288 g/mol. The summed E-state index contributed by atoms with van der Waals surface area (Å²) >= 11 is 5.74. The van der Waals surface area contributed by atoms with Crippen LogP contribution in [0.1, 0.15) is 13.8 Å². The number of nitro groups is 1. The number of nitrogens with zero attached hydrogens (tertiary/aromatic N) is 2. The van der Waals surface area contributed by atoms with Crippen molar-refractivity contribution in [2.45, 2.75) is 19.4 Å². The molecule has 0 aromatic heterocycles. The Hall–Kier alpha value is -1.40. The van der Waals surface area contributed by atoms with E-state index in [1.807, 2.05) is 18.7 Å². The molecule has 2 rings (SSSR count). The first-order valence-electron chi connectivity index (χ1n) is 5.93. The summed E-state index contributed by atoms with van der Waals surface area (Å²) in [6.45, 7) is 5.94. The zero-order valence-corrected chi connectivity index (χ0v) is 11.5. The third-order valence-corrected chi connectivity index (χ3v) is 3.42. The van der Waals surface area contributed by atoms with Crippen LogP contribution in [0.2, 0.25) is 5.02 Å². The van der Waals surface area contributed by atoms with Crippen molar-refractivity contribution in [3.63, 3.8) is 0 Å². The van der Waals surface area contributed by atoms with E-state index >= 15 is 0 Å². The number of halogens is 2. The third kappa shape index (κ3) is 2.96. The molecule has 0 atom stereocenters. The minimum absolute atomic E-state index is 0.100. The molecule has 1 N–H and O–H groups in total. The fourth-order valence-electron chi connectivity index (χ4n) is 2.27. The van der Waals surface area contributed by atoms with Gasteiger partial charge in [-0.25, -0.2) is 4.39 Å². The molecule has 0 bridgehead atoms. The molecule has 0 aliphatic carbocycles. The van der Waals surface area contributed by atoms with Gasteiger partial charge in [-0.1, -0.05) is 11.6 Å². The van der Waals surface area contributed by atoms with Crippen molar-refractivity contribution in [1.82, 2.24) is 5.32 Å². The quantitative estimate of drug-likeness (QED) is 0.671. The molecule has 0 saturated carbocycles. The highest BCUT2D eigenvalue weighted by atomic mass is 35.5. The molecule has 1 aliphatic rings. The minimum atomic E-state index is -0.772. The third-order valence-electron chi connectivity index (χ3n) is 3.13. The Balaban J connectivity index is 2.43. The Morgan fingerprint density at radius 3 is 2.79 bits per heavy atom. The Labute approximate surface area is 115 Å². The number of anilines is 1. The summed E-state index contributed by atoms with van der Waals surface area (Å²) in [5, 5.41) is 14.3. The highest BCUT2D eigenvalue weighted by Gasteiger charge is 2.30. The van der Waals surface area contributed by atoms with Gasteiger partial charge in [0.2, 0.25) is 0 Å². The lowest BCUT2D eigenvalue weighted by Gasteiger charge is -2.40. The predicted octanol–water partition coefficient (Wildman–Crippen LogP) is 2.58. The molecule has 0 radical (unpaired) electrons. The van der Waals surface area contributed by atoms with Crippen molar-refractivity contribution in [2.75, 3.05) is 24.5 Å². The van der Waals surface area contributed by atoms with E-state index in [9.17, 15) is 14.5 Å². The molecule has 0 amide bonds. The standard InChI is InChI=1S/C12H15ClFN3O2/c1-12(2)7-16(4-3-15-12)10-5-8(13)9(14)6-11(10)17(18)19/h5-6,15H,3-4,7H2,1-2H3. The second kappa shape index (κ2) is 4.94. The van der Waals surface area contributed by atoms with E-state index in [-0.39, 0.29) is 16.2 Å². The molecule has 0 spiro atoms. The number of piperazine rings is 1. The van der Waals surface area contributed by atoms with Crippen LogP contribution in [0.5, 0.6) is 0 Å². The van der Waals surface area contributed by atoms with E-state index in [1.54, 1.807) is 0 Å². The fourth-order valence-corrected chi connectivity index (χ4v) is 2.43. The molecule has 1 aromatic rings. The van der Waals surface area contributed by atoms with Gasteiger partial charge < -0.3 is 10.2 Å². The second-order valence-electron chi connectivity index (χ2n) is 5.24. The molecule has 104 valence electrons. The molecule has 1 fully saturated rings. The molecule has 1 aliphatic heterocycles. The molecule has 5 nitrogen and oxygen atoms in total. The Morgan fingerprint density at radius 2 is 2.21 bits per heavy atom. The Morgan fingerprint density at radius 1 is 1.53 bits per heavy atom. The maximum absolute atomic E-state index is 13.4. The lowest BCUT2D eigenvalue weighted by atomic mass is 10.0. The van der Waals surface area contributed by atoms with Crippen LogP contribution in [0.3, 0.4) is 0 Å². The second-order valence-corrected chi connectivity index (χ2v) is 5.65. The van der Waals surface area contributed by atoms with Gasteiger partial charge in [0.05, 0.1) is 16.0 Å². The number of benzene rings is 1. The summed E-state index contributed by atoms with van der Waals surface area (Å²) in [4.78, 5) is 12.3. The van der Waals surface area contributed by atoms with Crippen molar-refractivity contribution in [3.05, 3.63) is 33.1 Å². The largest absolute Gasteiger partial charge is 0.363 e. The van der Waals surface area contributed by atoms with E-state index in [0.717, 1.165) is 6.07 Å². The number of hydrogen-bond donors (Lipinski definition) is 1. The lowest BCUT2D eigenvalue weighted by molar-refractivity contribution is -0.384. The van der Waals surface area contributed by atoms with E-state index in [4.69, 9.17) is 11.6 Å². The maximum Gasteiger partial charge on any atom is 0.295 e. The van der Waals surface area contributed by atoms with Crippen molar-refractivity contribution in [2.24, 2.45) is 0 Å². The molecular weight excluding hydrogens is 273 g/mol. The van der Waals surface area contributed by atoms with Crippen LogP contribution in [0.4, 0.5) is 15.8 Å². The summed E-state index contributed by atoms with van der Waals surface area (Å²) in [6, 6.07) is 2.21. The van der Waals surface area contributed by atoms with Crippen molar-refractivity contribution in [3.8, 4) is 0 Å². The number of nitro benzene ring substituents is 1. The fraction of sp³-hybridized carbons (Fsp3) is 0.500. The summed E-state index contributed by atoms with van der Waals surface area (Å²) in [7, 11) is 0. The van der Waals surface area contributed by atoms with Gasteiger partial charge in [0.15, 0.2) is 0 Å². The summed E-state index contributed by atoms with van der Waals surface area (Å²) in [5.74, 6) is -0.772. The van der Waals surface area contributed by atoms with E-state index in [0.29, 0.717) is 25.3 Å². The van der Waals surface area contributed by atoms with E-state index in [2.05, 4.69) is 5.32 Å². The first kappa shape index (κ1) is 14.0. The van der Waals surface area contributed by atoms with E-state index < -0.39 is 10.7 Å². The van der Waals surface area contributed by atoms with Crippen molar-refractivity contribution < 1.29 is 9.31 Å².